The summed E-state index contributed by atoms with van der Waals surface area (Å²) < 4.78 is 0. The average molecular weight is 248 g/mol. The number of nitriles is 1. The maximum absolute atomic E-state index is 12.1. The van der Waals surface area contributed by atoms with Gasteiger partial charge in [0.2, 0.25) is 5.91 Å². The molecular weight excluding hydrogens is 224 g/mol. The van der Waals surface area contributed by atoms with E-state index in [1.807, 2.05) is 0 Å². The topological polar surface area (TPSA) is 52.9 Å². The fraction of sp³-hybridized carbons (Fsp3) is 0.867. The number of hydrogen-bond acceptors (Lipinski definition) is 2. The summed E-state index contributed by atoms with van der Waals surface area (Å²) in [5.74, 6) is 0.868. The smallest absolute Gasteiger partial charge is 0.240 e. The molecule has 2 aliphatic carbocycles. The van der Waals surface area contributed by atoms with Gasteiger partial charge in [-0.3, -0.25) is 4.79 Å². The van der Waals surface area contributed by atoms with Gasteiger partial charge >= 0.3 is 0 Å². The molecule has 100 valence electrons. The van der Waals surface area contributed by atoms with Crippen molar-refractivity contribution in [1.82, 2.24) is 5.32 Å². The van der Waals surface area contributed by atoms with Gasteiger partial charge in [-0.15, -0.1) is 0 Å². The molecule has 0 atom stereocenters. The predicted octanol–water partition coefficient (Wildman–Crippen LogP) is 3.16. The van der Waals surface area contributed by atoms with E-state index in [1.54, 1.807) is 0 Å². The van der Waals surface area contributed by atoms with Crippen LogP contribution in [0.2, 0.25) is 0 Å². The van der Waals surface area contributed by atoms with Crippen LogP contribution >= 0.6 is 0 Å². The molecule has 0 aromatic rings. The SMILES string of the molecule is N#CC1(C(=O)NCCCC2CCCC2)CCCC1. The number of nitrogens with one attached hydrogen (secondary N) is 1. The molecule has 0 saturated heterocycles. The lowest BCUT2D eigenvalue weighted by Crippen LogP contribution is -2.38. The Labute approximate surface area is 110 Å². The Hall–Kier alpha value is -1.04. The first kappa shape index (κ1) is 13.4. The van der Waals surface area contributed by atoms with Gasteiger partial charge in [-0.05, 0) is 31.6 Å². The first-order valence-corrected chi connectivity index (χ1v) is 7.46. The highest BCUT2D eigenvalue weighted by molar-refractivity contribution is 5.85. The van der Waals surface area contributed by atoms with Crippen molar-refractivity contribution < 1.29 is 4.79 Å². The number of carbonyl (C=O) groups excluding carboxylic acids is 1. The first-order valence-electron chi connectivity index (χ1n) is 7.46. The van der Waals surface area contributed by atoms with Crippen molar-refractivity contribution in [1.29, 1.82) is 5.26 Å². The Morgan fingerprint density at radius 2 is 1.89 bits per heavy atom. The van der Waals surface area contributed by atoms with Crippen LogP contribution in [0, 0.1) is 22.7 Å². The van der Waals surface area contributed by atoms with Crippen LogP contribution in [0.25, 0.3) is 0 Å². The molecule has 0 aromatic carbocycles. The second-order valence-corrected chi connectivity index (χ2v) is 5.95. The van der Waals surface area contributed by atoms with Crippen molar-refractivity contribution in [2.45, 2.75) is 64.2 Å². The Morgan fingerprint density at radius 1 is 1.22 bits per heavy atom. The van der Waals surface area contributed by atoms with E-state index in [2.05, 4.69) is 11.4 Å². The molecule has 0 aromatic heterocycles. The van der Waals surface area contributed by atoms with Crippen molar-refractivity contribution in [3.8, 4) is 6.07 Å². The summed E-state index contributed by atoms with van der Waals surface area (Å²) in [5, 5.41) is 12.2. The maximum Gasteiger partial charge on any atom is 0.240 e. The van der Waals surface area contributed by atoms with Gasteiger partial charge in [-0.25, -0.2) is 0 Å². The normalized spacial score (nSPS) is 22.8. The largest absolute Gasteiger partial charge is 0.355 e. The van der Waals surface area contributed by atoms with Crippen molar-refractivity contribution >= 4 is 5.91 Å². The summed E-state index contributed by atoms with van der Waals surface area (Å²) in [6.45, 7) is 0.749. The Morgan fingerprint density at radius 3 is 2.50 bits per heavy atom. The zero-order valence-corrected chi connectivity index (χ0v) is 11.2. The van der Waals surface area contributed by atoms with E-state index < -0.39 is 5.41 Å². The number of rotatable bonds is 5. The van der Waals surface area contributed by atoms with Crippen LogP contribution in [0.4, 0.5) is 0 Å². The summed E-state index contributed by atoms with van der Waals surface area (Å²) in [7, 11) is 0. The van der Waals surface area contributed by atoms with E-state index in [0.717, 1.165) is 44.6 Å². The van der Waals surface area contributed by atoms with E-state index in [0.29, 0.717) is 0 Å². The number of amides is 1. The van der Waals surface area contributed by atoms with Crippen LogP contribution < -0.4 is 5.32 Å². The van der Waals surface area contributed by atoms with E-state index in [4.69, 9.17) is 0 Å². The predicted molar refractivity (Wildman–Crippen MR) is 70.7 cm³/mol. The van der Waals surface area contributed by atoms with Crippen molar-refractivity contribution in [3.05, 3.63) is 0 Å². The summed E-state index contributed by atoms with van der Waals surface area (Å²) >= 11 is 0. The number of hydrogen-bond donors (Lipinski definition) is 1. The number of carbonyl (C=O) groups is 1. The van der Waals surface area contributed by atoms with Gasteiger partial charge in [0.25, 0.3) is 0 Å². The van der Waals surface area contributed by atoms with Gasteiger partial charge in [-0.2, -0.15) is 5.26 Å². The molecule has 0 heterocycles. The molecule has 2 fully saturated rings. The van der Waals surface area contributed by atoms with Crippen LogP contribution in [0.1, 0.15) is 64.2 Å². The lowest BCUT2D eigenvalue weighted by atomic mass is 9.87. The minimum atomic E-state index is -0.701. The summed E-state index contributed by atoms with van der Waals surface area (Å²) in [4.78, 5) is 12.1. The molecule has 2 saturated carbocycles. The molecule has 3 heteroatoms. The molecular formula is C15H24N2O. The quantitative estimate of drug-likeness (QED) is 0.760. The minimum absolute atomic E-state index is 0.0195. The van der Waals surface area contributed by atoms with Crippen LogP contribution in [0.3, 0.4) is 0 Å². The molecule has 0 radical (unpaired) electrons. The highest BCUT2D eigenvalue weighted by Gasteiger charge is 2.41. The van der Waals surface area contributed by atoms with E-state index >= 15 is 0 Å². The molecule has 0 spiro atoms. The van der Waals surface area contributed by atoms with Gasteiger partial charge < -0.3 is 5.32 Å². The third-order valence-corrected chi connectivity index (χ3v) is 4.66. The molecule has 0 aliphatic heterocycles. The summed E-state index contributed by atoms with van der Waals surface area (Å²) in [6.07, 6.45) is 11.3. The zero-order chi connectivity index (χ0) is 12.8. The van der Waals surface area contributed by atoms with Crippen molar-refractivity contribution in [3.63, 3.8) is 0 Å². The first-order chi connectivity index (χ1) is 8.77. The van der Waals surface area contributed by atoms with Gasteiger partial charge in [-0.1, -0.05) is 38.5 Å². The standard InChI is InChI=1S/C15H24N2O/c16-12-15(9-3-4-10-15)14(18)17-11-5-8-13-6-1-2-7-13/h13H,1-11H2,(H,17,18). The fourth-order valence-corrected chi connectivity index (χ4v) is 3.43. The maximum atomic E-state index is 12.1. The lowest BCUT2D eigenvalue weighted by Gasteiger charge is -2.19. The lowest BCUT2D eigenvalue weighted by molar-refractivity contribution is -0.127. The van der Waals surface area contributed by atoms with Crippen molar-refractivity contribution in [2.75, 3.05) is 6.54 Å². The minimum Gasteiger partial charge on any atom is -0.355 e. The Bertz CT molecular complexity index is 320. The van der Waals surface area contributed by atoms with Gasteiger partial charge in [0.05, 0.1) is 6.07 Å². The van der Waals surface area contributed by atoms with Gasteiger partial charge in [0.15, 0.2) is 0 Å². The molecule has 1 N–H and O–H groups in total. The third-order valence-electron chi connectivity index (χ3n) is 4.66. The molecule has 2 rings (SSSR count). The van der Waals surface area contributed by atoms with E-state index in [1.165, 1.54) is 32.1 Å². The average Bonchev–Trinajstić information content (AvgIpc) is 3.05. The molecule has 18 heavy (non-hydrogen) atoms. The summed E-state index contributed by atoms with van der Waals surface area (Å²) in [6, 6.07) is 2.25. The van der Waals surface area contributed by atoms with Crippen LogP contribution in [-0.2, 0) is 4.79 Å². The second-order valence-electron chi connectivity index (χ2n) is 5.95. The molecule has 0 unspecified atom stereocenters. The van der Waals surface area contributed by atoms with Crippen LogP contribution in [0.15, 0.2) is 0 Å². The monoisotopic (exact) mass is 248 g/mol. The molecule has 3 nitrogen and oxygen atoms in total. The highest BCUT2D eigenvalue weighted by Crippen LogP contribution is 2.37. The third kappa shape index (κ3) is 3.04. The van der Waals surface area contributed by atoms with Crippen molar-refractivity contribution in [2.24, 2.45) is 11.3 Å². The second kappa shape index (κ2) is 6.22. The van der Waals surface area contributed by atoms with Crippen LogP contribution in [0.5, 0.6) is 0 Å². The molecule has 2 aliphatic rings. The fourth-order valence-electron chi connectivity index (χ4n) is 3.43. The zero-order valence-electron chi connectivity index (χ0n) is 11.2. The van der Waals surface area contributed by atoms with Gasteiger partial charge in [0.1, 0.15) is 5.41 Å². The Kier molecular flexibility index (Phi) is 4.63. The van der Waals surface area contributed by atoms with Crippen LogP contribution in [-0.4, -0.2) is 12.5 Å². The van der Waals surface area contributed by atoms with E-state index in [9.17, 15) is 10.1 Å². The molecule has 0 bridgehead atoms. The van der Waals surface area contributed by atoms with Gasteiger partial charge in [0, 0.05) is 6.54 Å². The molecule has 1 amide bonds. The number of nitrogens with zero attached hydrogens (tertiary/aromatic N) is 1. The Balaban J connectivity index is 1.66. The van der Waals surface area contributed by atoms with E-state index in [-0.39, 0.29) is 5.91 Å². The highest BCUT2D eigenvalue weighted by atomic mass is 16.2. The summed E-state index contributed by atoms with van der Waals surface area (Å²) in [5.41, 5.74) is -0.701.